The molecule has 0 bridgehead atoms. The van der Waals surface area contributed by atoms with Crippen LogP contribution in [0.1, 0.15) is 171 Å². The average Bonchev–Trinajstić information content (AvgIpc) is 1.45. The summed E-state index contributed by atoms with van der Waals surface area (Å²) in [6.07, 6.45) is 16.6. The fourth-order valence-corrected chi connectivity index (χ4v) is 22.1. The number of aromatic amines is 3. The van der Waals surface area contributed by atoms with Crippen LogP contribution in [0.25, 0.3) is 0 Å². The molecule has 12 aliphatic rings. The normalized spacial score (nSPS) is 20.0. The van der Waals surface area contributed by atoms with Gasteiger partial charge in [-0.15, -0.1) is 0 Å². The number of pyridine rings is 3. The molecule has 132 heavy (non-hydrogen) atoms. The number of hydrogen-bond acceptors (Lipinski definition) is 26. The zero-order chi connectivity index (χ0) is 91.4. The van der Waals surface area contributed by atoms with Gasteiger partial charge in [0, 0.05) is 199 Å². The predicted molar refractivity (Wildman–Crippen MR) is 494 cm³/mol. The molecular formula is C103H116N12O17. The van der Waals surface area contributed by atoms with Gasteiger partial charge < -0.3 is 98.1 Å². The molecule has 0 saturated heterocycles. The number of hydrogen-bond donors (Lipinski definition) is 10. The van der Waals surface area contributed by atoms with Gasteiger partial charge in [0.2, 0.25) is 5.88 Å². The van der Waals surface area contributed by atoms with Gasteiger partial charge in [-0.25, -0.2) is 4.98 Å². The lowest BCUT2D eigenvalue weighted by atomic mass is 9.85. The molecule has 0 fully saturated rings. The molecule has 6 aromatic carbocycles. The number of H-pyrrole nitrogens is 3. The first-order valence-electron chi connectivity index (χ1n) is 45.4. The van der Waals surface area contributed by atoms with Crippen LogP contribution in [0.5, 0.6) is 98.1 Å². The van der Waals surface area contributed by atoms with Gasteiger partial charge in [0.15, 0.2) is 92.3 Å². The second-order valence-corrected chi connectivity index (χ2v) is 35.8. The van der Waals surface area contributed by atoms with Gasteiger partial charge >= 0.3 is 0 Å². The van der Waals surface area contributed by atoms with Gasteiger partial charge in [-0.2, -0.15) is 0 Å². The molecule has 690 valence electrons. The highest BCUT2D eigenvalue weighted by Crippen LogP contribution is 2.51. The summed E-state index contributed by atoms with van der Waals surface area (Å²) in [5, 5.41) is 70.7. The minimum Gasteiger partial charge on any atom is -0.504 e. The maximum absolute atomic E-state index is 10.2. The van der Waals surface area contributed by atoms with Crippen LogP contribution in [-0.2, 0) is 116 Å². The topological polar surface area (TPSA) is 339 Å². The first-order valence-corrected chi connectivity index (χ1v) is 45.4. The number of aromatic nitrogens is 6. The summed E-state index contributed by atoms with van der Waals surface area (Å²) in [4.78, 5) is 38.3. The van der Waals surface area contributed by atoms with Crippen LogP contribution in [0, 0.1) is 0 Å². The van der Waals surface area contributed by atoms with E-state index in [0.29, 0.717) is 82.9 Å². The van der Waals surface area contributed by atoms with Crippen molar-refractivity contribution in [2.45, 2.75) is 153 Å². The lowest BCUT2D eigenvalue weighted by Crippen LogP contribution is -2.39. The summed E-state index contributed by atoms with van der Waals surface area (Å²) in [7, 11) is 16.1. The zero-order valence-corrected chi connectivity index (χ0v) is 76.4. The monoisotopic (exact) mass is 1790 g/mol. The van der Waals surface area contributed by atoms with Crippen LogP contribution in [-0.4, -0.2) is 205 Å². The Hall–Kier alpha value is -13.0. The number of benzene rings is 6. The maximum atomic E-state index is 10.2. The molecule has 10 N–H and O–H groups in total. The smallest absolute Gasteiger partial charge is 0.213 e. The molecule has 12 aromatic rings. The van der Waals surface area contributed by atoms with E-state index in [-0.39, 0.29) is 46.3 Å². The lowest BCUT2D eigenvalue weighted by Gasteiger charge is -2.41. The quantitative estimate of drug-likeness (QED) is 0.0608. The van der Waals surface area contributed by atoms with Crippen molar-refractivity contribution in [2.24, 2.45) is 0 Å². The van der Waals surface area contributed by atoms with Gasteiger partial charge in [-0.3, -0.25) is 39.4 Å². The third-order valence-corrected chi connectivity index (χ3v) is 29.0. The largest absolute Gasteiger partial charge is 0.504 e. The van der Waals surface area contributed by atoms with E-state index in [4.69, 9.17) is 47.4 Å². The SMILES string of the molecule is COc1cc2c([nH]1)CN1CCc3cc(OC)c(O)cc3[C@@H]1C2.COc1cc2c([nH]1)C[C@H]1c3cc(O)c(OC)cc3CCN1C2.COc1cc2c(cc1O)[C@@H]1Cc3[nH]ccc3CN1CC2.COc1cc2c(cc1O)[C@@H]1Cc3ncc(O)c(OC)c3CN1CC2.COc1cc2c(cc1O)[C@@H]1Cc3ncccc3CN1CC2.COc1ccc2c(n1)CN1CCc3cc(OC)c(O)cc3[C@@H]1C2. The summed E-state index contributed by atoms with van der Waals surface area (Å²) in [6.45, 7) is 11.3. The average molecular weight is 1790 g/mol. The lowest BCUT2D eigenvalue weighted by molar-refractivity contribution is 0.155. The highest BCUT2D eigenvalue weighted by atomic mass is 16.5. The number of phenolic OH excluding ortho intramolecular Hbond substituents is 6. The molecule has 12 aliphatic heterocycles. The van der Waals surface area contributed by atoms with Crippen molar-refractivity contribution in [1.29, 1.82) is 0 Å². The van der Waals surface area contributed by atoms with E-state index in [2.05, 4.69) is 89.6 Å². The zero-order valence-electron chi connectivity index (χ0n) is 76.4. The third-order valence-electron chi connectivity index (χ3n) is 29.0. The molecular weight excluding hydrogens is 1680 g/mol. The van der Waals surface area contributed by atoms with Crippen molar-refractivity contribution in [3.05, 3.63) is 268 Å². The van der Waals surface area contributed by atoms with E-state index in [1.165, 1.54) is 118 Å². The fourth-order valence-electron chi connectivity index (χ4n) is 22.1. The van der Waals surface area contributed by atoms with E-state index < -0.39 is 0 Å². The van der Waals surface area contributed by atoms with Crippen molar-refractivity contribution >= 4 is 0 Å². The summed E-state index contributed by atoms with van der Waals surface area (Å²) in [5.41, 5.74) is 29.4. The van der Waals surface area contributed by atoms with Gasteiger partial charge in [0.05, 0.1) is 88.7 Å². The Morgan fingerprint density at radius 3 is 1.13 bits per heavy atom. The second-order valence-electron chi connectivity index (χ2n) is 35.8. The Bertz CT molecular complexity index is 6180. The first kappa shape index (κ1) is 88.3. The van der Waals surface area contributed by atoms with Crippen molar-refractivity contribution in [3.8, 4) is 98.1 Å². The Balaban J connectivity index is 0.000000102. The molecule has 0 spiro atoms. The van der Waals surface area contributed by atoms with E-state index in [1.54, 1.807) is 71.1 Å². The molecule has 0 unspecified atom stereocenters. The Kier molecular flexibility index (Phi) is 25.0. The highest BCUT2D eigenvalue weighted by molar-refractivity contribution is 5.57. The number of methoxy groups -OCH3 is 10. The summed E-state index contributed by atoms with van der Waals surface area (Å²) >= 11 is 0. The van der Waals surface area contributed by atoms with E-state index in [0.717, 1.165) is 183 Å². The number of nitrogens with one attached hydrogen (secondary N) is 3. The van der Waals surface area contributed by atoms with E-state index in [1.807, 2.05) is 97.3 Å². The molecule has 0 aliphatic carbocycles. The van der Waals surface area contributed by atoms with E-state index >= 15 is 0 Å². The number of nitrogens with zero attached hydrogens (tertiary/aromatic N) is 9. The minimum absolute atomic E-state index is 0.0782. The van der Waals surface area contributed by atoms with Crippen molar-refractivity contribution in [3.63, 3.8) is 0 Å². The van der Waals surface area contributed by atoms with Crippen LogP contribution in [0.4, 0.5) is 0 Å². The Morgan fingerprint density at radius 1 is 0.295 bits per heavy atom. The first-order chi connectivity index (χ1) is 64.2. The van der Waals surface area contributed by atoms with Crippen LogP contribution in [0.15, 0.2) is 134 Å². The van der Waals surface area contributed by atoms with Crippen molar-refractivity contribution in [1.82, 2.24) is 59.3 Å². The molecule has 0 saturated carbocycles. The summed E-state index contributed by atoms with van der Waals surface area (Å²) in [5.74, 6) is 7.54. The van der Waals surface area contributed by atoms with Gasteiger partial charge in [-0.1, -0.05) is 12.1 Å². The number of aromatic hydroxyl groups is 7. The minimum atomic E-state index is 0.0782. The van der Waals surface area contributed by atoms with Gasteiger partial charge in [0.25, 0.3) is 0 Å². The Labute approximate surface area is 767 Å². The third kappa shape index (κ3) is 17.0. The molecule has 24 rings (SSSR count). The number of rotatable bonds is 10. The van der Waals surface area contributed by atoms with Gasteiger partial charge in [-0.05, 0) is 231 Å². The second kappa shape index (κ2) is 37.3. The molecule has 29 nitrogen and oxygen atoms in total. The molecule has 0 amide bonds. The highest BCUT2D eigenvalue weighted by Gasteiger charge is 2.42. The number of fused-ring (bicyclic) bond motifs is 24. The molecule has 6 atom stereocenters. The molecule has 0 radical (unpaired) electrons. The van der Waals surface area contributed by atoms with Crippen LogP contribution < -0.4 is 47.4 Å². The fraction of sp³-hybridized carbons (Fsp3) is 0.388. The van der Waals surface area contributed by atoms with E-state index in [9.17, 15) is 35.7 Å². The van der Waals surface area contributed by atoms with Crippen LogP contribution in [0.2, 0.25) is 0 Å². The van der Waals surface area contributed by atoms with Crippen LogP contribution >= 0.6 is 0 Å². The molecule has 6 aromatic heterocycles. The molecule has 29 heteroatoms. The van der Waals surface area contributed by atoms with Crippen molar-refractivity contribution < 1.29 is 83.1 Å². The molecule has 18 heterocycles. The standard InChI is InChI=1S/C18H20N2O4.C18H20N2O3.2C17H20N2O3.C17H18N2O2.C16H18N2O2/c1-23-17-5-10-3-4-20-9-12-13(19-8-16(22)18(12)24-2)7-14(20)11(10)6-15(17)21;1-22-17-8-11-5-6-20-10-14-12(3-4-18(19-14)23-2)7-15(20)13(11)9-16(17)21;1-21-16-6-10-3-4-19-9-13-11(7-17(18-13)22-2)5-14(19)12(10)8-15(16)20;1-21-16-5-10-3-4-19-9-11-6-17(22-2)18-13(11)8-14(19)12(10)7-15(16)20;1-21-17-7-11-4-6-19-10-12-3-2-5-18-14(12)9-15(19)13(11)8-16(17)20;1-20-16-6-10-3-5-18-9-11-2-4-17-13(11)8-14(18)12(10)7-15(16)19/h5-6,8,14,21-22H,3-4,7,9H2,1-2H3;3-4,8-9,15,21H,5-7,10H2,1-2H3;6-8,14,18,20H,3-5,9H2,1-2H3;5-7,14,18,20H,3-4,8-9H2,1-2H3;2-3,5,7-8,15,20H,4,6,9-10H2,1H3;2,4,6-7,14,17,19H,3,5,8-9H2,1H3/t14-;15-;2*14-;15-;14-/m000000/s1. The number of ether oxygens (including phenoxy) is 10. The maximum Gasteiger partial charge on any atom is 0.213 e. The van der Waals surface area contributed by atoms with Crippen LogP contribution in [0.3, 0.4) is 0 Å². The summed E-state index contributed by atoms with van der Waals surface area (Å²) < 4.78 is 52.6. The predicted octanol–water partition coefficient (Wildman–Crippen LogP) is 14.2. The summed E-state index contributed by atoms with van der Waals surface area (Å²) in [6, 6.07) is 39.3. The number of phenols is 6. The van der Waals surface area contributed by atoms with Crippen molar-refractivity contribution in [2.75, 3.05) is 110 Å². The van der Waals surface area contributed by atoms with Gasteiger partial charge in [0.1, 0.15) is 0 Å². The Morgan fingerprint density at radius 2 is 0.682 bits per heavy atom.